The molecule has 152 valence electrons. The Kier molecular flexibility index (Phi) is 12.8. The van der Waals surface area contributed by atoms with Gasteiger partial charge >= 0.3 is 0 Å². The summed E-state index contributed by atoms with van der Waals surface area (Å²) in [6, 6.07) is 2.87. The highest BCUT2D eigenvalue weighted by atomic mass is 35.5. The fourth-order valence-electron chi connectivity index (χ4n) is 2.50. The molecule has 1 rings (SSSR count). The van der Waals surface area contributed by atoms with Gasteiger partial charge in [-0.15, -0.1) is 12.4 Å². The van der Waals surface area contributed by atoms with Gasteiger partial charge < -0.3 is 26.5 Å². The van der Waals surface area contributed by atoms with E-state index in [2.05, 4.69) is 34.8 Å². The van der Waals surface area contributed by atoms with Crippen LogP contribution in [0.15, 0.2) is 24.5 Å². The molecule has 27 heavy (non-hydrogen) atoms. The number of carbonyl (C=O) groups is 2. The average Bonchev–Trinajstić information content (AvgIpc) is 2.61. The third kappa shape index (κ3) is 11.2. The molecule has 0 radical (unpaired) electrons. The van der Waals surface area contributed by atoms with E-state index in [1.54, 1.807) is 12.4 Å². The summed E-state index contributed by atoms with van der Waals surface area (Å²) in [5, 5.41) is 15.8. The zero-order chi connectivity index (χ0) is 19.4. The Morgan fingerprint density at radius 3 is 2.56 bits per heavy atom. The second kappa shape index (κ2) is 13.9. The van der Waals surface area contributed by atoms with Gasteiger partial charge in [0.15, 0.2) is 5.96 Å². The standard InChI is InChI=1S/C18H30N6O2.ClH/c1-13(2)10-16(23-11-14-5-8-21-9-6-14)17(26)24-15(12-25)4-3-7-22-18(19)20;/h5-6,8-9,12-13,15-16,23H,3-4,7,10-11H2,1-2H3,(H,24,26)(H4,19,20,22);1H/t15-,16-;/m0./s1. The lowest BCUT2D eigenvalue weighted by molar-refractivity contribution is -0.126. The zero-order valence-electron chi connectivity index (χ0n) is 15.9. The van der Waals surface area contributed by atoms with E-state index in [4.69, 9.17) is 11.1 Å². The molecule has 1 amide bonds. The van der Waals surface area contributed by atoms with Crippen molar-refractivity contribution in [2.45, 2.75) is 51.7 Å². The number of pyridine rings is 1. The van der Waals surface area contributed by atoms with Crippen molar-refractivity contribution >= 4 is 30.6 Å². The average molecular weight is 399 g/mol. The van der Waals surface area contributed by atoms with Gasteiger partial charge in [-0.25, -0.2) is 0 Å². The van der Waals surface area contributed by atoms with Crippen LogP contribution in [-0.2, 0) is 16.1 Å². The summed E-state index contributed by atoms with van der Waals surface area (Å²) in [7, 11) is 0. The van der Waals surface area contributed by atoms with Crippen molar-refractivity contribution in [3.8, 4) is 0 Å². The van der Waals surface area contributed by atoms with Crippen molar-refractivity contribution in [3.63, 3.8) is 0 Å². The molecule has 0 unspecified atom stereocenters. The third-order valence-corrected chi connectivity index (χ3v) is 3.82. The van der Waals surface area contributed by atoms with Gasteiger partial charge in [-0.3, -0.25) is 15.2 Å². The molecular weight excluding hydrogens is 368 g/mol. The number of nitrogens with two attached hydrogens (primary N) is 1. The molecule has 1 heterocycles. The number of halogens is 1. The summed E-state index contributed by atoms with van der Waals surface area (Å²) < 4.78 is 0. The lowest BCUT2D eigenvalue weighted by atomic mass is 10.0. The fourth-order valence-corrected chi connectivity index (χ4v) is 2.50. The van der Waals surface area contributed by atoms with Crippen LogP contribution in [0, 0.1) is 11.3 Å². The Labute approximate surface area is 167 Å². The normalized spacial score (nSPS) is 12.6. The lowest BCUT2D eigenvalue weighted by Crippen LogP contribution is -2.48. The van der Waals surface area contributed by atoms with Gasteiger partial charge in [0.25, 0.3) is 0 Å². The highest BCUT2D eigenvalue weighted by molar-refractivity contribution is 5.85. The molecule has 0 aliphatic carbocycles. The topological polar surface area (TPSA) is 133 Å². The number of hydrogen-bond donors (Lipinski definition) is 5. The smallest absolute Gasteiger partial charge is 0.237 e. The molecule has 2 atom stereocenters. The van der Waals surface area contributed by atoms with E-state index in [-0.39, 0.29) is 30.3 Å². The second-order valence-corrected chi connectivity index (χ2v) is 6.65. The fraction of sp³-hybridized carbons (Fsp3) is 0.556. The highest BCUT2D eigenvalue weighted by Gasteiger charge is 2.21. The first-order valence-electron chi connectivity index (χ1n) is 8.88. The van der Waals surface area contributed by atoms with Crippen LogP contribution in [-0.4, -0.2) is 41.8 Å². The molecule has 1 aromatic rings. The Hall–Kier alpha value is -2.19. The Balaban J connectivity index is 0.00000676. The molecule has 1 aromatic heterocycles. The molecule has 9 heteroatoms. The van der Waals surface area contributed by atoms with Gasteiger partial charge in [-0.2, -0.15) is 0 Å². The van der Waals surface area contributed by atoms with Crippen LogP contribution in [0.5, 0.6) is 0 Å². The van der Waals surface area contributed by atoms with Crippen LogP contribution in [0.25, 0.3) is 0 Å². The number of amides is 1. The molecule has 6 N–H and O–H groups in total. The van der Waals surface area contributed by atoms with Crippen LogP contribution in [0.4, 0.5) is 0 Å². The Morgan fingerprint density at radius 2 is 2.00 bits per heavy atom. The number of guanidine groups is 1. The van der Waals surface area contributed by atoms with E-state index < -0.39 is 6.04 Å². The lowest BCUT2D eigenvalue weighted by Gasteiger charge is -2.22. The maximum atomic E-state index is 12.6. The molecule has 0 bridgehead atoms. The molecule has 8 nitrogen and oxygen atoms in total. The number of carbonyl (C=O) groups excluding carboxylic acids is 2. The zero-order valence-corrected chi connectivity index (χ0v) is 16.7. The maximum Gasteiger partial charge on any atom is 0.237 e. The molecule has 0 aliphatic rings. The molecule has 0 spiro atoms. The number of aromatic nitrogens is 1. The Morgan fingerprint density at radius 1 is 1.33 bits per heavy atom. The summed E-state index contributed by atoms with van der Waals surface area (Å²) in [5.41, 5.74) is 6.26. The highest BCUT2D eigenvalue weighted by Crippen LogP contribution is 2.07. The summed E-state index contributed by atoms with van der Waals surface area (Å²) in [5.74, 6) is 0.0588. The monoisotopic (exact) mass is 398 g/mol. The van der Waals surface area contributed by atoms with E-state index in [0.717, 1.165) is 11.8 Å². The van der Waals surface area contributed by atoms with E-state index >= 15 is 0 Å². The van der Waals surface area contributed by atoms with Gasteiger partial charge in [0.1, 0.15) is 6.29 Å². The van der Waals surface area contributed by atoms with Gasteiger partial charge in [0.2, 0.25) is 5.91 Å². The summed E-state index contributed by atoms with van der Waals surface area (Å²) in [4.78, 5) is 27.8. The van der Waals surface area contributed by atoms with Gasteiger partial charge in [-0.1, -0.05) is 13.8 Å². The molecule has 0 aliphatic heterocycles. The maximum absolute atomic E-state index is 12.6. The predicted octanol–water partition coefficient (Wildman–Crippen LogP) is 0.955. The number of nitrogens with zero attached hydrogens (tertiary/aromatic N) is 1. The number of nitrogens with one attached hydrogen (secondary N) is 4. The molecule has 0 aromatic carbocycles. The Bertz CT molecular complexity index is 570. The van der Waals surface area contributed by atoms with Crippen molar-refractivity contribution in [2.75, 3.05) is 6.54 Å². The van der Waals surface area contributed by atoms with Crippen LogP contribution >= 0.6 is 12.4 Å². The number of rotatable bonds is 12. The first kappa shape index (κ1) is 24.8. The van der Waals surface area contributed by atoms with Crippen molar-refractivity contribution in [2.24, 2.45) is 11.7 Å². The van der Waals surface area contributed by atoms with E-state index in [1.165, 1.54) is 0 Å². The number of hydrogen-bond acceptors (Lipinski definition) is 5. The molecule has 0 saturated carbocycles. The van der Waals surface area contributed by atoms with Crippen LogP contribution in [0.3, 0.4) is 0 Å². The van der Waals surface area contributed by atoms with Crippen molar-refractivity contribution < 1.29 is 9.59 Å². The third-order valence-electron chi connectivity index (χ3n) is 3.82. The molecule has 0 saturated heterocycles. The van der Waals surface area contributed by atoms with Crippen LogP contribution < -0.4 is 21.7 Å². The van der Waals surface area contributed by atoms with Gasteiger partial charge in [0, 0.05) is 25.5 Å². The minimum Gasteiger partial charge on any atom is -0.370 e. The summed E-state index contributed by atoms with van der Waals surface area (Å²) in [6.07, 6.45) is 5.98. The number of aldehydes is 1. The predicted molar refractivity (Wildman–Crippen MR) is 109 cm³/mol. The van der Waals surface area contributed by atoms with Gasteiger partial charge in [0.05, 0.1) is 12.1 Å². The minimum absolute atomic E-state index is 0. The second-order valence-electron chi connectivity index (χ2n) is 6.65. The van der Waals surface area contributed by atoms with Crippen LogP contribution in [0.2, 0.25) is 0 Å². The summed E-state index contributed by atoms with van der Waals surface area (Å²) >= 11 is 0. The molecule has 0 fully saturated rings. The quantitative estimate of drug-likeness (QED) is 0.154. The largest absolute Gasteiger partial charge is 0.370 e. The van der Waals surface area contributed by atoms with Crippen molar-refractivity contribution in [3.05, 3.63) is 30.1 Å². The van der Waals surface area contributed by atoms with Gasteiger partial charge in [-0.05, 0) is 42.9 Å². The first-order valence-corrected chi connectivity index (χ1v) is 8.88. The molecular formula is C18H31ClN6O2. The van der Waals surface area contributed by atoms with Crippen molar-refractivity contribution in [1.29, 1.82) is 5.41 Å². The SMILES string of the molecule is CC(C)C[C@H](NCc1ccncc1)C(=O)N[C@H](C=O)CCCNC(=N)N.Cl. The van der Waals surface area contributed by atoms with Crippen molar-refractivity contribution in [1.82, 2.24) is 20.9 Å². The van der Waals surface area contributed by atoms with Crippen LogP contribution in [0.1, 0.15) is 38.7 Å². The van der Waals surface area contributed by atoms with E-state index in [9.17, 15) is 9.59 Å². The summed E-state index contributed by atoms with van der Waals surface area (Å²) in [6.45, 7) is 5.16. The minimum atomic E-state index is -0.548. The first-order chi connectivity index (χ1) is 12.4. The van der Waals surface area contributed by atoms with E-state index in [0.29, 0.717) is 38.3 Å². The van der Waals surface area contributed by atoms with E-state index in [1.807, 2.05) is 12.1 Å².